The quantitative estimate of drug-likeness (QED) is 0.164. The van der Waals surface area contributed by atoms with E-state index in [9.17, 15) is 14.7 Å². The van der Waals surface area contributed by atoms with Crippen LogP contribution in [0.4, 0.5) is 10.5 Å². The Balaban J connectivity index is 1.44. The van der Waals surface area contributed by atoms with Crippen molar-refractivity contribution in [2.24, 2.45) is 0 Å². The van der Waals surface area contributed by atoms with Crippen molar-refractivity contribution in [3.63, 3.8) is 0 Å². The van der Waals surface area contributed by atoms with Crippen molar-refractivity contribution >= 4 is 17.6 Å². The van der Waals surface area contributed by atoms with Gasteiger partial charge in [0.15, 0.2) is 0 Å². The fourth-order valence-corrected chi connectivity index (χ4v) is 4.26. The zero-order valence-electron chi connectivity index (χ0n) is 22.6. The monoisotopic (exact) mass is 510 g/mol. The van der Waals surface area contributed by atoms with Crippen molar-refractivity contribution in [2.45, 2.75) is 110 Å². The molecule has 3 amide bonds. The van der Waals surface area contributed by atoms with E-state index in [0.717, 1.165) is 19.3 Å². The van der Waals surface area contributed by atoms with Gasteiger partial charge in [-0.2, -0.15) is 0 Å². The van der Waals surface area contributed by atoms with Gasteiger partial charge in [0.25, 0.3) is 0 Å². The van der Waals surface area contributed by atoms with Crippen molar-refractivity contribution in [1.29, 1.82) is 0 Å². The van der Waals surface area contributed by atoms with Crippen LogP contribution in [0.5, 0.6) is 17.2 Å². The lowest BCUT2D eigenvalue weighted by atomic mass is 10.0. The van der Waals surface area contributed by atoms with E-state index >= 15 is 0 Å². The lowest BCUT2D eigenvalue weighted by Gasteiger charge is -2.09. The first kappa shape index (κ1) is 30.2. The van der Waals surface area contributed by atoms with Gasteiger partial charge in [0, 0.05) is 12.1 Å². The second-order valence-electron chi connectivity index (χ2n) is 9.82. The summed E-state index contributed by atoms with van der Waals surface area (Å²) in [4.78, 5) is 24.1. The van der Waals surface area contributed by atoms with Gasteiger partial charge in [-0.25, -0.2) is 4.79 Å². The van der Waals surface area contributed by atoms with Crippen molar-refractivity contribution in [2.75, 3.05) is 5.32 Å². The Hall–Kier alpha value is -3.02. The molecular weight excluding hydrogens is 464 g/mol. The number of ether oxygens (including phenoxy) is 1. The average molecular weight is 511 g/mol. The Labute approximate surface area is 223 Å². The molecule has 0 bridgehead atoms. The van der Waals surface area contributed by atoms with Crippen molar-refractivity contribution < 1.29 is 19.4 Å². The van der Waals surface area contributed by atoms with E-state index < -0.39 is 6.03 Å². The summed E-state index contributed by atoms with van der Waals surface area (Å²) in [6.45, 7) is 2.26. The van der Waals surface area contributed by atoms with Gasteiger partial charge in [-0.1, -0.05) is 96.8 Å². The number of anilines is 1. The number of aromatic hydroxyl groups is 1. The molecule has 0 saturated heterocycles. The fraction of sp³-hybridized carbons (Fsp3) is 0.548. The lowest BCUT2D eigenvalue weighted by molar-refractivity contribution is -0.120. The van der Waals surface area contributed by atoms with E-state index in [1.165, 1.54) is 77.0 Å². The molecule has 0 fully saturated rings. The first-order valence-electron chi connectivity index (χ1n) is 14.2. The Bertz CT molecular complexity index is 881. The number of carbonyl (C=O) groups is 2. The van der Waals surface area contributed by atoms with Gasteiger partial charge in [-0.3, -0.25) is 10.1 Å². The first-order chi connectivity index (χ1) is 18.1. The van der Waals surface area contributed by atoms with Gasteiger partial charge in [-0.05, 0) is 55.0 Å². The van der Waals surface area contributed by atoms with Gasteiger partial charge < -0.3 is 15.2 Å². The van der Waals surface area contributed by atoms with Crippen LogP contribution < -0.4 is 15.4 Å². The standard InChI is InChI=1S/C31H46N2O4/c1-2-3-4-5-6-7-8-9-10-11-12-13-14-15-16-17-30(35)33-31(36)32-26-18-22-28(23-19-26)37-29-24-20-27(34)21-25-29/h18-25,34H,2-17H2,1H3,(H2,32,33,35,36). The minimum absolute atomic E-state index is 0.173. The Kier molecular flexibility index (Phi) is 15.6. The SMILES string of the molecule is CCCCCCCCCCCCCCCCCC(=O)NC(=O)Nc1ccc(Oc2ccc(O)cc2)cc1. The second-order valence-corrected chi connectivity index (χ2v) is 9.82. The van der Waals surface area contributed by atoms with Crippen molar-refractivity contribution in [3.05, 3.63) is 48.5 Å². The molecule has 6 heteroatoms. The minimum Gasteiger partial charge on any atom is -0.508 e. The highest BCUT2D eigenvalue weighted by Crippen LogP contribution is 2.24. The van der Waals surface area contributed by atoms with Crippen LogP contribution in [0.25, 0.3) is 0 Å². The van der Waals surface area contributed by atoms with E-state index in [-0.39, 0.29) is 11.7 Å². The molecule has 0 aliphatic heterocycles. The molecule has 0 aromatic heterocycles. The van der Waals surface area contributed by atoms with Crippen LogP contribution in [0.2, 0.25) is 0 Å². The van der Waals surface area contributed by atoms with E-state index in [1.54, 1.807) is 48.5 Å². The van der Waals surface area contributed by atoms with Gasteiger partial charge in [0.2, 0.25) is 5.91 Å². The lowest BCUT2D eigenvalue weighted by Crippen LogP contribution is -2.34. The van der Waals surface area contributed by atoms with Crippen LogP contribution in [0.1, 0.15) is 110 Å². The summed E-state index contributed by atoms with van der Waals surface area (Å²) < 4.78 is 5.68. The number of amides is 3. The molecule has 204 valence electrons. The molecule has 2 rings (SSSR count). The van der Waals surface area contributed by atoms with Crippen LogP contribution in [0.15, 0.2) is 48.5 Å². The van der Waals surface area contributed by atoms with Crippen LogP contribution in [0, 0.1) is 0 Å². The number of urea groups is 1. The number of phenolic OH excluding ortho intramolecular Hbond substituents is 1. The molecular formula is C31H46N2O4. The molecule has 0 atom stereocenters. The second kappa shape index (κ2) is 19.1. The maximum Gasteiger partial charge on any atom is 0.325 e. The van der Waals surface area contributed by atoms with Crippen LogP contribution in [-0.2, 0) is 4.79 Å². The van der Waals surface area contributed by atoms with Gasteiger partial charge in [0.1, 0.15) is 17.2 Å². The van der Waals surface area contributed by atoms with Gasteiger partial charge >= 0.3 is 6.03 Å². The molecule has 37 heavy (non-hydrogen) atoms. The molecule has 6 nitrogen and oxygen atoms in total. The largest absolute Gasteiger partial charge is 0.508 e. The molecule has 2 aromatic rings. The summed E-state index contributed by atoms with van der Waals surface area (Å²) in [5.41, 5.74) is 0.565. The molecule has 0 spiro atoms. The Morgan fingerprint density at radius 2 is 1.08 bits per heavy atom. The smallest absolute Gasteiger partial charge is 0.325 e. The number of phenols is 1. The molecule has 0 saturated carbocycles. The van der Waals surface area contributed by atoms with Crippen molar-refractivity contribution in [1.82, 2.24) is 5.32 Å². The van der Waals surface area contributed by atoms with E-state index in [2.05, 4.69) is 17.6 Å². The number of hydrogen-bond donors (Lipinski definition) is 3. The third-order valence-electron chi connectivity index (χ3n) is 6.44. The summed E-state index contributed by atoms with van der Waals surface area (Å²) in [7, 11) is 0. The highest BCUT2D eigenvalue weighted by Gasteiger charge is 2.08. The zero-order chi connectivity index (χ0) is 26.6. The zero-order valence-corrected chi connectivity index (χ0v) is 22.6. The maximum atomic E-state index is 12.1. The predicted octanol–water partition coefficient (Wildman–Crippen LogP) is 9.09. The molecule has 0 heterocycles. The summed E-state index contributed by atoms with van der Waals surface area (Å²) in [6, 6.07) is 12.7. The predicted molar refractivity (Wildman–Crippen MR) is 151 cm³/mol. The average Bonchev–Trinajstić information content (AvgIpc) is 2.89. The molecule has 2 aromatic carbocycles. The van der Waals surface area contributed by atoms with E-state index in [4.69, 9.17) is 4.74 Å². The number of hydrogen-bond acceptors (Lipinski definition) is 4. The van der Waals surface area contributed by atoms with E-state index in [1.807, 2.05) is 0 Å². The summed E-state index contributed by atoms with van der Waals surface area (Å²) in [5.74, 6) is 1.12. The van der Waals surface area contributed by atoms with Crippen LogP contribution in [-0.4, -0.2) is 17.0 Å². The number of unbranched alkanes of at least 4 members (excludes halogenated alkanes) is 14. The van der Waals surface area contributed by atoms with E-state index in [0.29, 0.717) is 23.6 Å². The molecule has 0 aliphatic rings. The van der Waals surface area contributed by atoms with Gasteiger partial charge in [0.05, 0.1) is 0 Å². The number of rotatable bonds is 19. The molecule has 0 aliphatic carbocycles. The number of nitrogens with one attached hydrogen (secondary N) is 2. The highest BCUT2D eigenvalue weighted by molar-refractivity contribution is 6.01. The van der Waals surface area contributed by atoms with Crippen LogP contribution in [0.3, 0.4) is 0 Å². The van der Waals surface area contributed by atoms with Crippen LogP contribution >= 0.6 is 0 Å². The molecule has 0 radical (unpaired) electrons. The topological polar surface area (TPSA) is 87.7 Å². The number of imide groups is 1. The highest BCUT2D eigenvalue weighted by atomic mass is 16.5. The normalized spacial score (nSPS) is 10.7. The first-order valence-corrected chi connectivity index (χ1v) is 14.2. The third kappa shape index (κ3) is 15.0. The Morgan fingerprint density at radius 1 is 0.649 bits per heavy atom. The fourth-order valence-electron chi connectivity index (χ4n) is 4.26. The Morgan fingerprint density at radius 3 is 1.57 bits per heavy atom. The molecule has 0 unspecified atom stereocenters. The number of carbonyl (C=O) groups excluding carboxylic acids is 2. The summed E-state index contributed by atoms with van der Waals surface area (Å²) in [5, 5.41) is 14.4. The number of benzene rings is 2. The van der Waals surface area contributed by atoms with Gasteiger partial charge in [-0.15, -0.1) is 0 Å². The molecule has 3 N–H and O–H groups in total. The maximum absolute atomic E-state index is 12.1. The summed E-state index contributed by atoms with van der Waals surface area (Å²) >= 11 is 0. The van der Waals surface area contributed by atoms with Crippen molar-refractivity contribution in [3.8, 4) is 17.2 Å². The minimum atomic E-state index is -0.529. The summed E-state index contributed by atoms with van der Waals surface area (Å²) in [6.07, 6.45) is 19.6. The third-order valence-corrected chi connectivity index (χ3v) is 6.44.